The molecule has 0 aliphatic carbocycles. The number of rotatable bonds is 3. The van der Waals surface area contributed by atoms with Crippen molar-refractivity contribution in [3.63, 3.8) is 0 Å². The molecule has 8 heteroatoms. The summed E-state index contributed by atoms with van der Waals surface area (Å²) in [6, 6.07) is 0. The summed E-state index contributed by atoms with van der Waals surface area (Å²) in [5, 5.41) is 11.5. The molecule has 0 saturated carbocycles. The number of hydrogen-bond donors (Lipinski definition) is 1. The van der Waals surface area contributed by atoms with Gasteiger partial charge < -0.3 is 5.11 Å². The predicted octanol–water partition coefficient (Wildman–Crippen LogP) is -0.144. The van der Waals surface area contributed by atoms with Gasteiger partial charge in [0.1, 0.15) is 0 Å². The normalized spacial score (nSPS) is 17.9. The SMILES string of the molecule is [N-]=[N+]=NC(C(=O)O)N1C(=O)CCC1=O. The summed E-state index contributed by atoms with van der Waals surface area (Å²) in [6.07, 6.45) is -1.84. The monoisotopic (exact) mass is 198 g/mol. The number of carboxylic acids is 1. The lowest BCUT2D eigenvalue weighted by molar-refractivity contribution is -0.153. The van der Waals surface area contributed by atoms with Crippen LogP contribution in [-0.4, -0.2) is 34.0 Å². The fourth-order valence-electron chi connectivity index (χ4n) is 1.13. The van der Waals surface area contributed by atoms with Gasteiger partial charge in [-0.3, -0.25) is 14.5 Å². The number of aliphatic carboxylic acids is 1. The van der Waals surface area contributed by atoms with E-state index in [1.807, 2.05) is 0 Å². The van der Waals surface area contributed by atoms with Gasteiger partial charge >= 0.3 is 5.97 Å². The van der Waals surface area contributed by atoms with Crippen molar-refractivity contribution in [2.24, 2.45) is 5.11 Å². The first-order valence-electron chi connectivity index (χ1n) is 3.70. The summed E-state index contributed by atoms with van der Waals surface area (Å²) in [6.45, 7) is 0. The van der Waals surface area contributed by atoms with Crippen LogP contribution >= 0.6 is 0 Å². The van der Waals surface area contributed by atoms with Crippen LogP contribution in [-0.2, 0) is 14.4 Å². The quantitative estimate of drug-likeness (QED) is 0.293. The molecule has 0 bridgehead atoms. The van der Waals surface area contributed by atoms with Gasteiger partial charge in [0, 0.05) is 17.8 Å². The zero-order chi connectivity index (χ0) is 10.7. The molecule has 74 valence electrons. The van der Waals surface area contributed by atoms with Crippen LogP contribution in [0.3, 0.4) is 0 Å². The molecule has 0 aromatic rings. The number of carbonyl (C=O) groups excluding carboxylic acids is 2. The number of likely N-dealkylation sites (tertiary alicyclic amines) is 1. The molecule has 2 amide bonds. The zero-order valence-electron chi connectivity index (χ0n) is 6.95. The maximum Gasteiger partial charge on any atom is 0.333 e. The number of imide groups is 1. The third-order valence-corrected chi connectivity index (χ3v) is 1.72. The van der Waals surface area contributed by atoms with Crippen molar-refractivity contribution >= 4 is 17.8 Å². The van der Waals surface area contributed by atoms with E-state index >= 15 is 0 Å². The van der Waals surface area contributed by atoms with Crippen molar-refractivity contribution < 1.29 is 19.5 Å². The van der Waals surface area contributed by atoms with Crippen LogP contribution < -0.4 is 0 Å². The third-order valence-electron chi connectivity index (χ3n) is 1.72. The molecule has 0 radical (unpaired) electrons. The Morgan fingerprint density at radius 1 is 1.50 bits per heavy atom. The van der Waals surface area contributed by atoms with Gasteiger partial charge in [0.2, 0.25) is 18.0 Å². The molecule has 0 spiro atoms. The molecule has 1 unspecified atom stereocenters. The van der Waals surface area contributed by atoms with E-state index < -0.39 is 23.9 Å². The lowest BCUT2D eigenvalue weighted by Crippen LogP contribution is -2.42. The van der Waals surface area contributed by atoms with Gasteiger partial charge in [-0.2, -0.15) is 0 Å². The Balaban J connectivity index is 2.98. The molecule has 1 aliphatic heterocycles. The standard InChI is InChI=1S/C6H6N4O4/c7-9-8-5(6(13)14)10-3(11)1-2-4(10)12/h5H,1-2H2,(H,13,14). The van der Waals surface area contributed by atoms with Crippen molar-refractivity contribution in [1.82, 2.24) is 4.90 Å². The molecule has 1 rings (SSSR count). The highest BCUT2D eigenvalue weighted by molar-refractivity contribution is 6.04. The van der Waals surface area contributed by atoms with E-state index in [0.717, 1.165) is 0 Å². The topological polar surface area (TPSA) is 123 Å². The smallest absolute Gasteiger partial charge is 0.333 e. The van der Waals surface area contributed by atoms with Gasteiger partial charge in [0.25, 0.3) is 0 Å². The number of amides is 2. The Kier molecular flexibility index (Phi) is 2.68. The number of carboxylic acid groups (broad SMARTS) is 1. The number of azide groups is 1. The summed E-state index contributed by atoms with van der Waals surface area (Å²) in [5.74, 6) is -2.78. The van der Waals surface area contributed by atoms with E-state index in [2.05, 4.69) is 10.0 Å². The van der Waals surface area contributed by atoms with Crippen molar-refractivity contribution in [1.29, 1.82) is 0 Å². The van der Waals surface area contributed by atoms with Crippen LogP contribution in [0.2, 0.25) is 0 Å². The fraction of sp³-hybridized carbons (Fsp3) is 0.500. The second-order valence-corrected chi connectivity index (χ2v) is 2.57. The summed E-state index contributed by atoms with van der Waals surface area (Å²) in [5.41, 5.74) is 8.06. The van der Waals surface area contributed by atoms with E-state index in [4.69, 9.17) is 10.6 Å². The Labute approximate surface area is 77.7 Å². The van der Waals surface area contributed by atoms with E-state index in [1.54, 1.807) is 0 Å². The molecule has 1 saturated heterocycles. The summed E-state index contributed by atoms with van der Waals surface area (Å²) in [7, 11) is 0. The van der Waals surface area contributed by atoms with Crippen LogP contribution in [0.15, 0.2) is 5.11 Å². The van der Waals surface area contributed by atoms with Gasteiger partial charge in [-0.25, -0.2) is 4.79 Å². The average Bonchev–Trinajstić information content (AvgIpc) is 2.43. The summed E-state index contributed by atoms with van der Waals surface area (Å²) in [4.78, 5) is 35.4. The second kappa shape index (κ2) is 3.75. The molecule has 1 N–H and O–H groups in total. The minimum atomic E-state index is -1.76. The van der Waals surface area contributed by atoms with Crippen LogP contribution in [0.4, 0.5) is 0 Å². The van der Waals surface area contributed by atoms with Crippen molar-refractivity contribution in [3.8, 4) is 0 Å². The second-order valence-electron chi connectivity index (χ2n) is 2.57. The molecular formula is C6H6N4O4. The lowest BCUT2D eigenvalue weighted by atomic mass is 10.4. The van der Waals surface area contributed by atoms with Gasteiger partial charge in [-0.1, -0.05) is 5.11 Å². The minimum Gasteiger partial charge on any atom is -0.480 e. The van der Waals surface area contributed by atoms with E-state index in [9.17, 15) is 14.4 Å². The minimum absolute atomic E-state index is 0.0381. The highest BCUT2D eigenvalue weighted by Crippen LogP contribution is 2.16. The van der Waals surface area contributed by atoms with Gasteiger partial charge in [-0.15, -0.1) is 0 Å². The van der Waals surface area contributed by atoms with Crippen molar-refractivity contribution in [2.45, 2.75) is 19.0 Å². The maximum absolute atomic E-state index is 11.1. The highest BCUT2D eigenvalue weighted by Gasteiger charge is 2.38. The van der Waals surface area contributed by atoms with Crippen LogP contribution in [0.25, 0.3) is 10.4 Å². The number of nitrogens with zero attached hydrogens (tertiary/aromatic N) is 4. The average molecular weight is 198 g/mol. The summed E-state index contributed by atoms with van der Waals surface area (Å²) >= 11 is 0. The maximum atomic E-state index is 11.1. The fourth-order valence-corrected chi connectivity index (χ4v) is 1.13. The molecule has 8 nitrogen and oxygen atoms in total. The Morgan fingerprint density at radius 3 is 2.36 bits per heavy atom. The largest absolute Gasteiger partial charge is 0.480 e. The highest BCUT2D eigenvalue weighted by atomic mass is 16.4. The van der Waals surface area contributed by atoms with Gasteiger partial charge in [-0.05, 0) is 5.53 Å². The molecular weight excluding hydrogens is 192 g/mol. The first kappa shape index (κ1) is 10.0. The molecule has 1 fully saturated rings. The Bertz CT molecular complexity index is 328. The number of hydrogen-bond acceptors (Lipinski definition) is 4. The van der Waals surface area contributed by atoms with Crippen molar-refractivity contribution in [3.05, 3.63) is 10.4 Å². The summed E-state index contributed by atoms with van der Waals surface area (Å²) < 4.78 is 0. The first-order chi connectivity index (χ1) is 6.57. The van der Waals surface area contributed by atoms with Crippen LogP contribution in [0.5, 0.6) is 0 Å². The molecule has 1 atom stereocenters. The van der Waals surface area contributed by atoms with Gasteiger partial charge in [0.15, 0.2) is 0 Å². The predicted molar refractivity (Wildman–Crippen MR) is 41.7 cm³/mol. The Morgan fingerprint density at radius 2 is 2.00 bits per heavy atom. The molecule has 0 aromatic heterocycles. The first-order valence-corrected chi connectivity index (χ1v) is 3.70. The Hall–Kier alpha value is -2.08. The zero-order valence-corrected chi connectivity index (χ0v) is 6.95. The molecule has 14 heavy (non-hydrogen) atoms. The van der Waals surface area contributed by atoms with Crippen LogP contribution in [0, 0.1) is 0 Å². The third kappa shape index (κ3) is 1.64. The molecule has 0 aromatic carbocycles. The van der Waals surface area contributed by atoms with E-state index in [1.165, 1.54) is 0 Å². The van der Waals surface area contributed by atoms with E-state index in [0.29, 0.717) is 4.90 Å². The van der Waals surface area contributed by atoms with Crippen molar-refractivity contribution in [2.75, 3.05) is 0 Å². The molecule has 1 aliphatic rings. The molecule has 1 heterocycles. The lowest BCUT2D eigenvalue weighted by Gasteiger charge is -2.17. The van der Waals surface area contributed by atoms with Crippen LogP contribution in [0.1, 0.15) is 12.8 Å². The van der Waals surface area contributed by atoms with Gasteiger partial charge in [0.05, 0.1) is 0 Å². The van der Waals surface area contributed by atoms with E-state index in [-0.39, 0.29) is 12.8 Å². The number of carbonyl (C=O) groups is 3.